The number of aromatic amines is 1. The molecule has 0 atom stereocenters. The Hall–Kier alpha value is -3.32. The van der Waals surface area contributed by atoms with Gasteiger partial charge >= 0.3 is 5.69 Å². The van der Waals surface area contributed by atoms with Crippen LogP contribution < -0.4 is 11.0 Å². The largest absolute Gasteiger partial charge is 0.343 e. The smallest absolute Gasteiger partial charge is 0.325 e. The Balaban J connectivity index is 1.40. The van der Waals surface area contributed by atoms with Gasteiger partial charge in [0.15, 0.2) is 5.16 Å². The zero-order valence-corrected chi connectivity index (χ0v) is 16.5. The summed E-state index contributed by atoms with van der Waals surface area (Å²) in [6, 6.07) is 23.7. The molecule has 7 heteroatoms. The first-order valence-corrected chi connectivity index (χ1v) is 10.3. The highest BCUT2D eigenvalue weighted by atomic mass is 32.2. The molecule has 0 aliphatic heterocycles. The average Bonchev–Trinajstić information content (AvgIpc) is 3.11. The second-order valence-corrected chi connectivity index (χ2v) is 7.50. The number of carbonyl (C=O) groups excluding carboxylic acids is 1. The quantitative estimate of drug-likeness (QED) is 0.460. The number of rotatable bonds is 7. The van der Waals surface area contributed by atoms with Gasteiger partial charge < -0.3 is 5.32 Å². The molecule has 2 N–H and O–H groups in total. The highest BCUT2D eigenvalue weighted by Gasteiger charge is 2.12. The molecule has 1 aromatic heterocycles. The van der Waals surface area contributed by atoms with Crippen LogP contribution in [0, 0.1) is 0 Å². The number of carbonyl (C=O) groups is 1. The molecule has 0 aliphatic carbocycles. The van der Waals surface area contributed by atoms with Gasteiger partial charge in [-0.15, -0.1) is 5.10 Å². The molecule has 0 saturated heterocycles. The summed E-state index contributed by atoms with van der Waals surface area (Å²) in [5.74, 6) is 0.0233. The van der Waals surface area contributed by atoms with Crippen molar-refractivity contribution in [3.63, 3.8) is 0 Å². The van der Waals surface area contributed by atoms with Gasteiger partial charge in [0.2, 0.25) is 5.91 Å². The Labute approximate surface area is 172 Å². The predicted octanol–water partition coefficient (Wildman–Crippen LogP) is 3.70. The van der Waals surface area contributed by atoms with E-state index in [1.165, 1.54) is 11.8 Å². The molecule has 6 nitrogen and oxygen atoms in total. The Morgan fingerprint density at radius 3 is 2.62 bits per heavy atom. The summed E-state index contributed by atoms with van der Waals surface area (Å²) in [5.41, 5.74) is 1.65. The molecular weight excluding hydrogens is 384 g/mol. The fourth-order valence-corrected chi connectivity index (χ4v) is 3.92. The third-order valence-electron chi connectivity index (χ3n) is 4.59. The monoisotopic (exact) mass is 404 g/mol. The van der Waals surface area contributed by atoms with E-state index in [4.69, 9.17) is 0 Å². The summed E-state index contributed by atoms with van der Waals surface area (Å²) in [7, 11) is 0. The summed E-state index contributed by atoms with van der Waals surface area (Å²) in [6.07, 6.45) is 0.718. The number of fused-ring (bicyclic) bond motifs is 1. The predicted molar refractivity (Wildman–Crippen MR) is 116 cm³/mol. The van der Waals surface area contributed by atoms with Crippen molar-refractivity contribution in [2.24, 2.45) is 0 Å². The Bertz CT molecular complexity index is 1180. The lowest BCUT2D eigenvalue weighted by molar-refractivity contribution is -0.113. The SMILES string of the molecule is O=C(CSc1n[nH]c(=O)n1CCc1ccccc1)Nc1cccc2ccccc12. The van der Waals surface area contributed by atoms with Crippen LogP contribution in [0.3, 0.4) is 0 Å². The molecule has 1 heterocycles. The van der Waals surface area contributed by atoms with Crippen molar-refractivity contribution in [1.29, 1.82) is 0 Å². The minimum absolute atomic E-state index is 0.142. The lowest BCUT2D eigenvalue weighted by Crippen LogP contribution is -2.20. The van der Waals surface area contributed by atoms with E-state index in [2.05, 4.69) is 15.5 Å². The third kappa shape index (κ3) is 4.57. The Morgan fingerprint density at radius 1 is 1.00 bits per heavy atom. The molecule has 29 heavy (non-hydrogen) atoms. The first kappa shape index (κ1) is 19.0. The van der Waals surface area contributed by atoms with Crippen LogP contribution in [0.2, 0.25) is 0 Å². The minimum atomic E-state index is -0.266. The van der Waals surface area contributed by atoms with E-state index in [1.807, 2.05) is 72.8 Å². The number of aromatic nitrogens is 3. The van der Waals surface area contributed by atoms with Crippen LogP contribution in [0.25, 0.3) is 10.8 Å². The summed E-state index contributed by atoms with van der Waals surface area (Å²) in [4.78, 5) is 24.5. The molecule has 0 bridgehead atoms. The van der Waals surface area contributed by atoms with Crippen molar-refractivity contribution in [1.82, 2.24) is 14.8 Å². The zero-order chi connectivity index (χ0) is 20.1. The molecule has 0 spiro atoms. The molecule has 1 amide bonds. The van der Waals surface area contributed by atoms with Gasteiger partial charge in [-0.3, -0.25) is 9.36 Å². The molecule has 0 radical (unpaired) electrons. The molecule has 4 rings (SSSR count). The van der Waals surface area contributed by atoms with Crippen LogP contribution >= 0.6 is 11.8 Å². The first-order valence-electron chi connectivity index (χ1n) is 9.30. The zero-order valence-electron chi connectivity index (χ0n) is 15.7. The highest BCUT2D eigenvalue weighted by Crippen LogP contribution is 2.23. The van der Waals surface area contributed by atoms with E-state index in [0.717, 1.165) is 28.4 Å². The Kier molecular flexibility index (Phi) is 5.76. The van der Waals surface area contributed by atoms with Gasteiger partial charge in [-0.2, -0.15) is 0 Å². The second-order valence-electron chi connectivity index (χ2n) is 6.56. The molecule has 0 unspecified atom stereocenters. The van der Waals surface area contributed by atoms with Crippen LogP contribution in [0.4, 0.5) is 5.69 Å². The molecule has 146 valence electrons. The average molecular weight is 404 g/mol. The normalized spacial score (nSPS) is 10.9. The van der Waals surface area contributed by atoms with Crippen molar-refractivity contribution in [2.45, 2.75) is 18.1 Å². The van der Waals surface area contributed by atoms with Gasteiger partial charge in [0, 0.05) is 17.6 Å². The first-order chi connectivity index (χ1) is 14.2. The summed E-state index contributed by atoms with van der Waals surface area (Å²) >= 11 is 1.24. The lowest BCUT2D eigenvalue weighted by atomic mass is 10.1. The molecule has 0 aliphatic rings. The van der Waals surface area contributed by atoms with Crippen LogP contribution in [0.5, 0.6) is 0 Å². The summed E-state index contributed by atoms with van der Waals surface area (Å²) in [6.45, 7) is 0.507. The van der Waals surface area contributed by atoms with Gasteiger partial charge in [-0.05, 0) is 23.4 Å². The number of nitrogens with one attached hydrogen (secondary N) is 2. The van der Waals surface area contributed by atoms with Gasteiger partial charge in [0.1, 0.15) is 0 Å². The maximum absolute atomic E-state index is 12.5. The number of benzene rings is 3. The Morgan fingerprint density at radius 2 is 1.76 bits per heavy atom. The molecular formula is C22H20N4O2S. The number of amides is 1. The van der Waals surface area contributed by atoms with Crippen molar-refractivity contribution in [3.8, 4) is 0 Å². The fraction of sp³-hybridized carbons (Fsp3) is 0.136. The number of nitrogens with zero attached hydrogens (tertiary/aromatic N) is 2. The molecule has 3 aromatic carbocycles. The van der Waals surface area contributed by atoms with Gasteiger partial charge in [-0.1, -0.05) is 78.5 Å². The van der Waals surface area contributed by atoms with Crippen molar-refractivity contribution >= 4 is 34.1 Å². The van der Waals surface area contributed by atoms with Gasteiger partial charge in [-0.25, -0.2) is 9.89 Å². The number of aryl methyl sites for hydroxylation is 1. The summed E-state index contributed by atoms with van der Waals surface area (Å²) in [5, 5.41) is 12.1. The number of hydrogen-bond donors (Lipinski definition) is 2. The number of hydrogen-bond acceptors (Lipinski definition) is 4. The van der Waals surface area contributed by atoms with Crippen LogP contribution in [-0.4, -0.2) is 26.4 Å². The van der Waals surface area contributed by atoms with E-state index in [-0.39, 0.29) is 17.3 Å². The van der Waals surface area contributed by atoms with Crippen molar-refractivity contribution in [2.75, 3.05) is 11.1 Å². The molecule has 0 saturated carbocycles. The van der Waals surface area contributed by atoms with Crippen LogP contribution in [0.1, 0.15) is 5.56 Å². The van der Waals surface area contributed by atoms with E-state index in [1.54, 1.807) is 4.57 Å². The number of H-pyrrole nitrogens is 1. The highest BCUT2D eigenvalue weighted by molar-refractivity contribution is 7.99. The van der Waals surface area contributed by atoms with E-state index < -0.39 is 0 Å². The van der Waals surface area contributed by atoms with Crippen LogP contribution in [-0.2, 0) is 17.8 Å². The van der Waals surface area contributed by atoms with E-state index in [0.29, 0.717) is 11.7 Å². The van der Waals surface area contributed by atoms with Gasteiger partial charge in [0.05, 0.1) is 5.75 Å². The standard InChI is InChI=1S/C22H20N4O2S/c27-20(23-19-12-6-10-17-9-4-5-11-18(17)19)15-29-22-25-24-21(28)26(22)14-13-16-7-2-1-3-8-16/h1-12H,13-15H2,(H,23,27)(H,24,28). The minimum Gasteiger partial charge on any atom is -0.325 e. The fourth-order valence-electron chi connectivity index (χ4n) is 3.15. The lowest BCUT2D eigenvalue weighted by Gasteiger charge is -2.09. The molecule has 0 fully saturated rings. The number of thioether (sulfide) groups is 1. The van der Waals surface area contributed by atoms with E-state index >= 15 is 0 Å². The summed E-state index contributed by atoms with van der Waals surface area (Å²) < 4.78 is 1.57. The maximum atomic E-state index is 12.5. The van der Waals surface area contributed by atoms with Gasteiger partial charge in [0.25, 0.3) is 0 Å². The van der Waals surface area contributed by atoms with E-state index in [9.17, 15) is 9.59 Å². The second kappa shape index (κ2) is 8.79. The molecule has 4 aromatic rings. The van der Waals surface area contributed by atoms with Crippen molar-refractivity contribution in [3.05, 3.63) is 88.8 Å². The van der Waals surface area contributed by atoms with Crippen molar-refractivity contribution < 1.29 is 4.79 Å². The topological polar surface area (TPSA) is 79.8 Å². The van der Waals surface area contributed by atoms with Crippen LogP contribution in [0.15, 0.2) is 82.7 Å². The maximum Gasteiger partial charge on any atom is 0.343 e. The third-order valence-corrected chi connectivity index (χ3v) is 5.56. The number of anilines is 1.